The van der Waals surface area contributed by atoms with Crippen molar-refractivity contribution in [2.24, 2.45) is 20.0 Å². The Kier molecular flexibility index (Phi) is 4.79. The van der Waals surface area contributed by atoms with Crippen molar-refractivity contribution in [1.82, 2.24) is 40.0 Å². The Balaban J connectivity index is 1.54. The highest BCUT2D eigenvalue weighted by molar-refractivity contribution is 5.96. The summed E-state index contributed by atoms with van der Waals surface area (Å²) in [6.07, 6.45) is 5.62. The highest BCUT2D eigenvalue weighted by Crippen LogP contribution is 2.42. The number of likely N-dealkylation sites (tertiary alicyclic amines) is 1. The van der Waals surface area contributed by atoms with Crippen molar-refractivity contribution in [3.8, 4) is 0 Å². The molecular formula is C20H26N8O2. The van der Waals surface area contributed by atoms with Crippen LogP contribution in [0.25, 0.3) is 11.2 Å². The van der Waals surface area contributed by atoms with Gasteiger partial charge in [0.15, 0.2) is 5.65 Å². The number of rotatable bonds is 4. The fourth-order valence-electron chi connectivity index (χ4n) is 4.17. The number of nitrogens with one attached hydrogen (secondary N) is 1. The molecule has 4 rings (SSSR count). The van der Waals surface area contributed by atoms with Gasteiger partial charge in [-0.25, -0.2) is 9.67 Å². The molecule has 3 aromatic heterocycles. The molecular weight excluding hydrogens is 384 g/mol. The largest absolute Gasteiger partial charge is 0.352 e. The van der Waals surface area contributed by atoms with E-state index in [1.807, 2.05) is 38.9 Å². The van der Waals surface area contributed by atoms with Crippen molar-refractivity contribution >= 4 is 23.0 Å². The zero-order chi connectivity index (χ0) is 21.6. The van der Waals surface area contributed by atoms with Crippen LogP contribution in [0.5, 0.6) is 0 Å². The summed E-state index contributed by atoms with van der Waals surface area (Å²) < 4.78 is 3.29. The number of hydrogen-bond acceptors (Lipinski definition) is 6. The van der Waals surface area contributed by atoms with E-state index >= 15 is 0 Å². The van der Waals surface area contributed by atoms with Gasteiger partial charge in [-0.1, -0.05) is 5.21 Å². The number of pyridine rings is 1. The minimum atomic E-state index is -0.336. The molecule has 158 valence electrons. The quantitative estimate of drug-likeness (QED) is 0.692. The number of carbonyl (C=O) groups is 2. The third-order valence-corrected chi connectivity index (χ3v) is 5.45. The Morgan fingerprint density at radius 2 is 2.03 bits per heavy atom. The van der Waals surface area contributed by atoms with Crippen molar-refractivity contribution in [3.63, 3.8) is 0 Å². The van der Waals surface area contributed by atoms with Crippen LogP contribution in [0.3, 0.4) is 0 Å². The normalized spacial score (nSPS) is 19.6. The predicted molar refractivity (Wildman–Crippen MR) is 109 cm³/mol. The van der Waals surface area contributed by atoms with Gasteiger partial charge in [0.05, 0.1) is 17.8 Å². The summed E-state index contributed by atoms with van der Waals surface area (Å²) >= 11 is 0. The summed E-state index contributed by atoms with van der Waals surface area (Å²) in [5.74, 6) is -0.224. The monoisotopic (exact) mass is 410 g/mol. The van der Waals surface area contributed by atoms with Gasteiger partial charge in [-0.05, 0) is 26.8 Å². The molecule has 10 nitrogen and oxygen atoms in total. The second-order valence-electron chi connectivity index (χ2n) is 8.78. The van der Waals surface area contributed by atoms with E-state index in [0.29, 0.717) is 29.7 Å². The molecule has 0 saturated carbocycles. The van der Waals surface area contributed by atoms with Crippen molar-refractivity contribution in [2.45, 2.75) is 38.8 Å². The number of hydrogen-bond donors (Lipinski definition) is 1. The van der Waals surface area contributed by atoms with Crippen LogP contribution in [-0.2, 0) is 18.9 Å². The molecule has 1 fully saturated rings. The first-order chi connectivity index (χ1) is 14.1. The van der Waals surface area contributed by atoms with E-state index in [9.17, 15) is 9.59 Å². The summed E-state index contributed by atoms with van der Waals surface area (Å²) in [7, 11) is 3.60. The first-order valence-electron chi connectivity index (χ1n) is 9.89. The van der Waals surface area contributed by atoms with Crippen LogP contribution in [0, 0.1) is 5.92 Å². The summed E-state index contributed by atoms with van der Waals surface area (Å²) in [5, 5.41) is 15.2. The molecule has 0 radical (unpaired) electrons. The lowest BCUT2D eigenvalue weighted by Gasteiger charge is -2.38. The second kappa shape index (κ2) is 7.19. The highest BCUT2D eigenvalue weighted by atomic mass is 16.2. The first-order valence-corrected chi connectivity index (χ1v) is 9.89. The molecule has 1 aliphatic rings. The van der Waals surface area contributed by atoms with Gasteiger partial charge in [0.1, 0.15) is 5.52 Å². The average molecular weight is 410 g/mol. The van der Waals surface area contributed by atoms with E-state index in [1.165, 1.54) is 6.20 Å². The molecule has 2 amide bonds. The van der Waals surface area contributed by atoms with Crippen LogP contribution in [0.2, 0.25) is 0 Å². The summed E-state index contributed by atoms with van der Waals surface area (Å²) in [5.41, 5.74) is 2.23. The van der Waals surface area contributed by atoms with Crippen molar-refractivity contribution in [2.75, 3.05) is 6.54 Å². The van der Waals surface area contributed by atoms with E-state index in [0.717, 1.165) is 5.56 Å². The second-order valence-corrected chi connectivity index (χ2v) is 8.78. The average Bonchev–Trinajstić information content (AvgIpc) is 3.36. The van der Waals surface area contributed by atoms with E-state index in [-0.39, 0.29) is 29.3 Å². The Morgan fingerprint density at radius 3 is 2.70 bits per heavy atom. The molecule has 0 aromatic carbocycles. The van der Waals surface area contributed by atoms with Gasteiger partial charge in [-0.3, -0.25) is 14.3 Å². The summed E-state index contributed by atoms with van der Waals surface area (Å²) in [6.45, 7) is 6.44. The number of aryl methyl sites for hydroxylation is 2. The first kappa shape index (κ1) is 20.0. The number of fused-ring (bicyclic) bond motifs is 1. The molecule has 0 spiro atoms. The molecule has 30 heavy (non-hydrogen) atoms. The number of aromatic nitrogens is 6. The van der Waals surface area contributed by atoms with E-state index in [2.05, 4.69) is 25.7 Å². The summed E-state index contributed by atoms with van der Waals surface area (Å²) in [6, 6.07) is 1.52. The molecule has 1 aliphatic heterocycles. The standard InChI is InChI=1S/C20H26N8O2/c1-20(2,3)28-16(29)7-12(17(28)14-10-23-26(4)11-14)8-22-19(30)13-6-15-18(21-9-13)27(5)25-24-15/h6,9-12,17H,7-8H2,1-5H3,(H,22,30)/t12-,17+/m0/s1. The molecule has 1 saturated heterocycles. The van der Waals surface area contributed by atoms with Gasteiger partial charge < -0.3 is 10.2 Å². The van der Waals surface area contributed by atoms with Crippen LogP contribution < -0.4 is 5.32 Å². The topological polar surface area (TPSA) is 111 Å². The molecule has 3 aromatic rings. The van der Waals surface area contributed by atoms with E-state index in [1.54, 1.807) is 28.7 Å². The number of carbonyl (C=O) groups excluding carboxylic acids is 2. The fraction of sp³-hybridized carbons (Fsp3) is 0.500. The molecule has 0 aliphatic carbocycles. The maximum atomic E-state index is 12.8. The Labute approximate surface area is 174 Å². The Morgan fingerprint density at radius 1 is 1.27 bits per heavy atom. The number of amides is 2. The Bertz CT molecular complexity index is 1110. The lowest BCUT2D eigenvalue weighted by atomic mass is 9.93. The van der Waals surface area contributed by atoms with Crippen molar-refractivity contribution < 1.29 is 9.59 Å². The van der Waals surface area contributed by atoms with E-state index < -0.39 is 0 Å². The highest BCUT2D eigenvalue weighted by Gasteiger charge is 2.45. The minimum Gasteiger partial charge on any atom is -0.352 e. The predicted octanol–water partition coefficient (Wildman–Crippen LogP) is 1.21. The molecule has 4 heterocycles. The zero-order valence-corrected chi connectivity index (χ0v) is 17.8. The fourth-order valence-corrected chi connectivity index (χ4v) is 4.17. The smallest absolute Gasteiger partial charge is 0.252 e. The van der Waals surface area contributed by atoms with Crippen LogP contribution in [-0.4, -0.2) is 58.6 Å². The van der Waals surface area contributed by atoms with Gasteiger partial charge in [0.25, 0.3) is 5.91 Å². The third-order valence-electron chi connectivity index (χ3n) is 5.45. The molecule has 1 N–H and O–H groups in total. The Hall–Kier alpha value is -3.30. The van der Waals surface area contributed by atoms with Crippen molar-refractivity contribution in [3.05, 3.63) is 35.8 Å². The van der Waals surface area contributed by atoms with E-state index in [4.69, 9.17) is 0 Å². The van der Waals surface area contributed by atoms with Crippen LogP contribution in [0.1, 0.15) is 49.2 Å². The third kappa shape index (κ3) is 3.53. The number of nitrogens with zero attached hydrogens (tertiary/aromatic N) is 7. The lowest BCUT2D eigenvalue weighted by Crippen LogP contribution is -2.44. The van der Waals surface area contributed by atoms with Crippen LogP contribution >= 0.6 is 0 Å². The molecule has 2 atom stereocenters. The lowest BCUT2D eigenvalue weighted by molar-refractivity contribution is -0.133. The minimum absolute atomic E-state index is 0.0573. The zero-order valence-electron chi connectivity index (χ0n) is 17.8. The van der Waals surface area contributed by atoms with Crippen LogP contribution in [0.15, 0.2) is 24.7 Å². The SMILES string of the molecule is Cn1cc([C@H]2[C@H](CNC(=O)c3cnc4c(c3)nnn4C)CC(=O)N2C(C)(C)C)cn1. The summed E-state index contributed by atoms with van der Waals surface area (Å²) in [4.78, 5) is 31.8. The van der Waals surface area contributed by atoms with Gasteiger partial charge in [-0.15, -0.1) is 5.10 Å². The molecule has 0 unspecified atom stereocenters. The van der Waals surface area contributed by atoms with Gasteiger partial charge in [-0.2, -0.15) is 5.10 Å². The molecule has 0 bridgehead atoms. The van der Waals surface area contributed by atoms with Gasteiger partial charge in [0.2, 0.25) is 5.91 Å². The van der Waals surface area contributed by atoms with Gasteiger partial charge >= 0.3 is 0 Å². The molecule has 10 heteroatoms. The van der Waals surface area contributed by atoms with Crippen molar-refractivity contribution in [1.29, 1.82) is 0 Å². The maximum Gasteiger partial charge on any atom is 0.252 e. The van der Waals surface area contributed by atoms with Gasteiger partial charge in [0, 0.05) is 56.5 Å². The maximum absolute atomic E-state index is 12.8. The van der Waals surface area contributed by atoms with Crippen LogP contribution in [0.4, 0.5) is 0 Å².